The molecule has 1 aromatic heterocycles. The van der Waals surface area contributed by atoms with E-state index >= 15 is 0 Å². The topological polar surface area (TPSA) is 152 Å². The normalized spacial score (nSPS) is 12.3. The number of aliphatic imine (C=N–C) groups is 1. The average molecular weight is 550 g/mol. The first kappa shape index (κ1) is 33.3. The van der Waals surface area contributed by atoms with Gasteiger partial charge >= 0.3 is 18.3 Å². The lowest BCUT2D eigenvalue weighted by atomic mass is 10.2. The molecular weight excluding hydrogens is 506 g/mol. The second-order valence-electron chi connectivity index (χ2n) is 11.7. The molecule has 1 rings (SSSR count). The van der Waals surface area contributed by atoms with Crippen LogP contribution in [0.15, 0.2) is 23.3 Å². The van der Waals surface area contributed by atoms with Crippen molar-refractivity contribution in [3.63, 3.8) is 0 Å². The van der Waals surface area contributed by atoms with Crippen molar-refractivity contribution in [3.05, 3.63) is 23.9 Å². The van der Waals surface area contributed by atoms with Crippen molar-refractivity contribution < 1.29 is 33.3 Å². The van der Waals surface area contributed by atoms with E-state index in [1.165, 1.54) is 0 Å². The monoisotopic (exact) mass is 549 g/mol. The van der Waals surface area contributed by atoms with Gasteiger partial charge in [0.1, 0.15) is 16.8 Å². The Labute approximate surface area is 231 Å². The molecule has 0 spiro atoms. The summed E-state index contributed by atoms with van der Waals surface area (Å²) in [7, 11) is 0. The van der Waals surface area contributed by atoms with Crippen LogP contribution < -0.4 is 10.1 Å². The van der Waals surface area contributed by atoms with Crippen LogP contribution in [-0.4, -0.2) is 69.8 Å². The van der Waals surface area contributed by atoms with Gasteiger partial charge in [0.2, 0.25) is 11.8 Å². The smallest absolute Gasteiger partial charge is 0.437 e. The number of hydrogen-bond acceptors (Lipinski definition) is 9. The summed E-state index contributed by atoms with van der Waals surface area (Å²) in [5.41, 5.74) is -1.44. The molecule has 0 aromatic carbocycles. The van der Waals surface area contributed by atoms with Crippen LogP contribution in [0.5, 0.6) is 5.88 Å². The molecule has 3 amide bonds. The van der Waals surface area contributed by atoms with Crippen LogP contribution in [0.3, 0.4) is 0 Å². The molecule has 1 heterocycles. The van der Waals surface area contributed by atoms with Crippen LogP contribution >= 0.6 is 0 Å². The van der Waals surface area contributed by atoms with Gasteiger partial charge in [-0.05, 0) is 88.1 Å². The first-order valence-electron chi connectivity index (χ1n) is 12.7. The third-order valence-electron chi connectivity index (χ3n) is 4.27. The van der Waals surface area contributed by atoms with Crippen LogP contribution in [0.1, 0.15) is 87.6 Å². The maximum absolute atomic E-state index is 13.1. The van der Waals surface area contributed by atoms with E-state index in [9.17, 15) is 14.4 Å². The number of ether oxygens (including phenoxy) is 4. The number of hydrogen-bond donors (Lipinski definition) is 2. The van der Waals surface area contributed by atoms with Gasteiger partial charge < -0.3 is 24.4 Å². The van der Waals surface area contributed by atoms with E-state index in [-0.39, 0.29) is 19.1 Å². The first-order chi connectivity index (χ1) is 17.8. The second kappa shape index (κ2) is 13.9. The zero-order valence-corrected chi connectivity index (χ0v) is 24.8. The molecule has 0 fully saturated rings. The highest BCUT2D eigenvalue weighted by Gasteiger charge is 2.30. The fourth-order valence-electron chi connectivity index (χ4n) is 2.76. The quantitative estimate of drug-likeness (QED) is 0.191. The molecule has 0 aliphatic heterocycles. The molecule has 0 atom stereocenters. The van der Waals surface area contributed by atoms with E-state index in [1.807, 2.05) is 0 Å². The van der Waals surface area contributed by atoms with Crippen molar-refractivity contribution in [2.45, 2.75) is 98.9 Å². The highest BCUT2D eigenvalue weighted by molar-refractivity contribution is 6.05. The van der Waals surface area contributed by atoms with Gasteiger partial charge in [-0.3, -0.25) is 5.32 Å². The van der Waals surface area contributed by atoms with Gasteiger partial charge in [-0.25, -0.2) is 24.3 Å². The molecule has 0 unspecified atom stereocenters. The van der Waals surface area contributed by atoms with Gasteiger partial charge in [0.05, 0.1) is 6.61 Å². The Balaban J connectivity index is 3.08. The van der Waals surface area contributed by atoms with Crippen LogP contribution in [0, 0.1) is 5.41 Å². The highest BCUT2D eigenvalue weighted by atomic mass is 16.6. The number of pyridine rings is 1. The van der Waals surface area contributed by atoms with Crippen molar-refractivity contribution in [2.24, 2.45) is 4.99 Å². The summed E-state index contributed by atoms with van der Waals surface area (Å²) < 4.78 is 21.7. The Kier molecular flexibility index (Phi) is 11.9. The van der Waals surface area contributed by atoms with E-state index in [0.717, 1.165) is 4.90 Å². The highest BCUT2D eigenvalue weighted by Crippen LogP contribution is 2.14. The number of carbonyl (C=O) groups excluding carboxylic acids is 3. The number of nitrogens with one attached hydrogen (secondary N) is 2. The van der Waals surface area contributed by atoms with E-state index in [0.29, 0.717) is 30.0 Å². The summed E-state index contributed by atoms with van der Waals surface area (Å²) in [6, 6.07) is 3.42. The standard InChI is InChI=1S/C27H43N5O7/c1-18(28)19-13-14-20(29-17-19)36-16-12-11-15-32(24(35)39-27(8,9)10)21(30-22(33)37-25(2,3)4)31-23(34)38-26(5,6)7/h13-14,17,28H,11-12,15-16H2,1-10H3,(H,30,31,33,34). The SMILES string of the molecule is CC(=N)c1ccc(OCCCCN(C(=O)OC(C)(C)C)C(=NC(=O)OC(C)(C)C)NC(=O)OC(C)(C)C)nc1. The van der Waals surface area contributed by atoms with Crippen molar-refractivity contribution in [2.75, 3.05) is 13.2 Å². The zero-order valence-electron chi connectivity index (χ0n) is 24.8. The summed E-state index contributed by atoms with van der Waals surface area (Å²) in [5, 5.41) is 10.0. The minimum Gasteiger partial charge on any atom is -0.478 e. The van der Waals surface area contributed by atoms with Crippen LogP contribution in [0.4, 0.5) is 14.4 Å². The minimum absolute atomic E-state index is 0.0368. The number of carbonyl (C=O) groups is 3. The average Bonchev–Trinajstić information content (AvgIpc) is 2.72. The Morgan fingerprint density at radius 1 is 0.923 bits per heavy atom. The Morgan fingerprint density at radius 3 is 2.00 bits per heavy atom. The first-order valence-corrected chi connectivity index (χ1v) is 12.7. The van der Waals surface area contributed by atoms with Gasteiger partial charge in [-0.1, -0.05) is 0 Å². The van der Waals surface area contributed by atoms with E-state index in [2.05, 4.69) is 15.3 Å². The van der Waals surface area contributed by atoms with E-state index in [4.69, 9.17) is 24.4 Å². The number of nitrogens with zero attached hydrogens (tertiary/aromatic N) is 3. The summed E-state index contributed by atoms with van der Waals surface area (Å²) in [6.07, 6.45) is -0.264. The van der Waals surface area contributed by atoms with E-state index in [1.54, 1.807) is 87.6 Å². The number of amides is 3. The van der Waals surface area contributed by atoms with Gasteiger partial charge in [-0.15, -0.1) is 4.99 Å². The van der Waals surface area contributed by atoms with Crippen molar-refractivity contribution in [1.29, 1.82) is 5.41 Å². The molecule has 12 heteroatoms. The molecule has 0 saturated heterocycles. The third kappa shape index (κ3) is 14.7. The molecule has 0 aliphatic rings. The maximum atomic E-state index is 13.1. The summed E-state index contributed by atoms with van der Waals surface area (Å²) in [4.78, 5) is 47.3. The number of unbranched alkanes of at least 4 members (excludes halogenated alkanes) is 1. The summed E-state index contributed by atoms with van der Waals surface area (Å²) >= 11 is 0. The Morgan fingerprint density at radius 2 is 1.51 bits per heavy atom. The molecule has 0 bridgehead atoms. The molecule has 12 nitrogen and oxygen atoms in total. The van der Waals surface area contributed by atoms with Crippen LogP contribution in [-0.2, 0) is 14.2 Å². The minimum atomic E-state index is -1.000. The number of guanidine groups is 1. The number of alkyl carbamates (subject to hydrolysis) is 1. The number of aromatic nitrogens is 1. The van der Waals surface area contributed by atoms with E-state index < -0.39 is 35.1 Å². The lowest BCUT2D eigenvalue weighted by Crippen LogP contribution is -2.50. The summed E-state index contributed by atoms with van der Waals surface area (Å²) in [6.45, 7) is 17.1. The molecule has 1 aromatic rings. The van der Waals surface area contributed by atoms with Crippen molar-refractivity contribution in [3.8, 4) is 5.88 Å². The lowest BCUT2D eigenvalue weighted by Gasteiger charge is -2.29. The fourth-order valence-corrected chi connectivity index (χ4v) is 2.76. The van der Waals surface area contributed by atoms with Crippen molar-refractivity contribution >= 4 is 30.0 Å². The maximum Gasteiger partial charge on any atom is 0.437 e. The molecule has 0 radical (unpaired) electrons. The zero-order chi connectivity index (χ0) is 30.0. The van der Waals surface area contributed by atoms with Crippen LogP contribution in [0.2, 0.25) is 0 Å². The van der Waals surface area contributed by atoms with Crippen LogP contribution in [0.25, 0.3) is 0 Å². The predicted molar refractivity (Wildman–Crippen MR) is 147 cm³/mol. The summed E-state index contributed by atoms with van der Waals surface area (Å²) in [5.74, 6) is 0.0238. The molecular formula is C27H43N5O7. The molecule has 39 heavy (non-hydrogen) atoms. The Bertz CT molecular complexity index is 1030. The third-order valence-corrected chi connectivity index (χ3v) is 4.27. The largest absolute Gasteiger partial charge is 0.478 e. The Hall–Kier alpha value is -3.70. The fraction of sp³-hybridized carbons (Fsp3) is 0.630. The van der Waals surface area contributed by atoms with Gasteiger partial charge in [0.25, 0.3) is 0 Å². The molecule has 2 N–H and O–H groups in total. The molecule has 218 valence electrons. The predicted octanol–water partition coefficient (Wildman–Crippen LogP) is 5.68. The van der Waals surface area contributed by atoms with Gasteiger partial charge in [-0.2, -0.15) is 0 Å². The van der Waals surface area contributed by atoms with Gasteiger partial charge in [0, 0.05) is 30.1 Å². The number of rotatable bonds is 7. The lowest BCUT2D eigenvalue weighted by molar-refractivity contribution is 0.0353. The van der Waals surface area contributed by atoms with Gasteiger partial charge in [0.15, 0.2) is 0 Å². The molecule has 0 saturated carbocycles. The second-order valence-corrected chi connectivity index (χ2v) is 11.7. The van der Waals surface area contributed by atoms with Crippen molar-refractivity contribution in [1.82, 2.24) is 15.2 Å². The molecule has 0 aliphatic carbocycles.